The van der Waals surface area contributed by atoms with Crippen molar-refractivity contribution in [2.45, 2.75) is 32.3 Å². The van der Waals surface area contributed by atoms with Crippen LogP contribution in [0, 0.1) is 5.92 Å². The Kier molecular flexibility index (Phi) is 9.50. The van der Waals surface area contributed by atoms with Gasteiger partial charge in [-0.1, -0.05) is 23.7 Å². The third-order valence-corrected chi connectivity index (χ3v) is 6.14. The number of hydroxylamine groups is 1. The molecule has 0 saturated carbocycles. The maximum atomic E-state index is 13.2. The summed E-state index contributed by atoms with van der Waals surface area (Å²) >= 11 is 5.90. The number of anilines is 1. The van der Waals surface area contributed by atoms with Crippen LogP contribution in [-0.2, 0) is 16.0 Å². The van der Waals surface area contributed by atoms with E-state index in [1.165, 1.54) is 5.48 Å². The Balaban J connectivity index is 1.59. The molecule has 1 fully saturated rings. The molecule has 2 atom stereocenters. The summed E-state index contributed by atoms with van der Waals surface area (Å²) in [6.45, 7) is 4.53. The highest BCUT2D eigenvalue weighted by Gasteiger charge is 2.35. The number of hydrogen-bond donors (Lipinski definition) is 3. The Morgan fingerprint density at radius 1 is 1.15 bits per heavy atom. The number of rotatable bonds is 10. The van der Waals surface area contributed by atoms with E-state index in [9.17, 15) is 14.7 Å². The Morgan fingerprint density at radius 2 is 1.85 bits per heavy atom. The topological polar surface area (TPSA) is 115 Å². The molecular weight excluding hydrogens is 460 g/mol. The first-order chi connectivity index (χ1) is 16.4. The van der Waals surface area contributed by atoms with Crippen LogP contribution in [0.1, 0.15) is 25.3 Å². The van der Waals surface area contributed by atoms with E-state index in [0.717, 1.165) is 17.1 Å². The Morgan fingerprint density at radius 3 is 2.44 bits per heavy atom. The average molecular weight is 491 g/mol. The zero-order valence-corrected chi connectivity index (χ0v) is 19.9. The first kappa shape index (κ1) is 25.7. The summed E-state index contributed by atoms with van der Waals surface area (Å²) in [6, 6.07) is 11.3. The van der Waals surface area contributed by atoms with Gasteiger partial charge >= 0.3 is 0 Å². The number of nitrogens with one attached hydrogen (secondary N) is 1. The van der Waals surface area contributed by atoms with Gasteiger partial charge in [-0.3, -0.25) is 14.8 Å². The normalized spacial score (nSPS) is 15.5. The van der Waals surface area contributed by atoms with Crippen molar-refractivity contribution in [1.29, 1.82) is 0 Å². The molecular formula is C24H31ClN4O5. The molecule has 2 heterocycles. The van der Waals surface area contributed by atoms with E-state index in [0.29, 0.717) is 57.1 Å². The number of piperazine rings is 1. The maximum absolute atomic E-state index is 13.2. The molecule has 1 aliphatic rings. The number of aromatic nitrogens is 1. The molecule has 1 saturated heterocycles. The van der Waals surface area contributed by atoms with Gasteiger partial charge in [-0.05, 0) is 56.0 Å². The second kappa shape index (κ2) is 12.5. The monoisotopic (exact) mass is 490 g/mol. The molecule has 0 unspecified atom stereocenters. The zero-order chi connectivity index (χ0) is 24.5. The van der Waals surface area contributed by atoms with Crippen LogP contribution in [0.2, 0.25) is 5.02 Å². The summed E-state index contributed by atoms with van der Waals surface area (Å²) in [5.74, 6) is -0.657. The second-order valence-electron chi connectivity index (χ2n) is 8.14. The van der Waals surface area contributed by atoms with E-state index >= 15 is 0 Å². The lowest BCUT2D eigenvalue weighted by molar-refractivity contribution is -0.151. The Labute approximate surface area is 204 Å². The number of aliphatic hydroxyl groups excluding tert-OH is 1. The van der Waals surface area contributed by atoms with Gasteiger partial charge in [0.2, 0.25) is 5.91 Å². The average Bonchev–Trinajstić information content (AvgIpc) is 2.87. The lowest BCUT2D eigenvalue weighted by Gasteiger charge is -2.37. The van der Waals surface area contributed by atoms with Crippen molar-refractivity contribution in [1.82, 2.24) is 15.4 Å². The number of amides is 2. The van der Waals surface area contributed by atoms with E-state index in [4.69, 9.17) is 21.5 Å². The van der Waals surface area contributed by atoms with Gasteiger partial charge in [-0.2, -0.15) is 0 Å². The smallest absolute Gasteiger partial charge is 0.272 e. The number of aliphatic hydroxyl groups is 1. The van der Waals surface area contributed by atoms with Gasteiger partial charge in [-0.25, -0.2) is 10.5 Å². The maximum Gasteiger partial charge on any atom is 0.272 e. The van der Waals surface area contributed by atoms with E-state index in [-0.39, 0.29) is 5.91 Å². The summed E-state index contributed by atoms with van der Waals surface area (Å²) in [6.07, 6.45) is 1.53. The molecule has 0 bridgehead atoms. The highest BCUT2D eigenvalue weighted by Crippen LogP contribution is 2.22. The minimum absolute atomic E-state index is 0.300. The van der Waals surface area contributed by atoms with Gasteiger partial charge in [0.1, 0.15) is 17.7 Å². The lowest BCUT2D eigenvalue weighted by atomic mass is 9.92. The number of benzene rings is 1. The van der Waals surface area contributed by atoms with Crippen molar-refractivity contribution in [3.8, 4) is 5.75 Å². The van der Waals surface area contributed by atoms with Gasteiger partial charge in [0.05, 0.1) is 17.5 Å². The highest BCUT2D eigenvalue weighted by molar-refractivity contribution is 6.30. The molecule has 1 aromatic heterocycles. The second-order valence-corrected chi connectivity index (χ2v) is 8.58. The minimum atomic E-state index is -1.63. The van der Waals surface area contributed by atoms with E-state index in [1.54, 1.807) is 17.2 Å². The predicted octanol–water partition coefficient (Wildman–Crippen LogP) is 2.29. The van der Waals surface area contributed by atoms with Crippen LogP contribution in [0.4, 0.5) is 5.82 Å². The fraction of sp³-hybridized carbons (Fsp3) is 0.458. The molecule has 1 aliphatic heterocycles. The first-order valence-corrected chi connectivity index (χ1v) is 11.8. The summed E-state index contributed by atoms with van der Waals surface area (Å²) in [5.41, 5.74) is 2.53. The molecule has 0 spiro atoms. The third-order valence-electron chi connectivity index (χ3n) is 5.92. The fourth-order valence-corrected chi connectivity index (χ4v) is 4.17. The highest BCUT2D eigenvalue weighted by atomic mass is 35.5. The number of ether oxygens (including phenoxy) is 1. The molecule has 9 nitrogen and oxygen atoms in total. The minimum Gasteiger partial charge on any atom is -0.494 e. The predicted molar refractivity (Wildman–Crippen MR) is 128 cm³/mol. The van der Waals surface area contributed by atoms with Crippen molar-refractivity contribution in [3.05, 3.63) is 53.2 Å². The third kappa shape index (κ3) is 6.82. The number of carbonyl (C=O) groups excluding carboxylic acids is 2. The van der Waals surface area contributed by atoms with Gasteiger partial charge < -0.3 is 19.6 Å². The van der Waals surface area contributed by atoms with E-state index in [2.05, 4.69) is 9.88 Å². The van der Waals surface area contributed by atoms with Crippen LogP contribution < -0.4 is 15.1 Å². The standard InChI is InChI=1S/C24H31ClN4O5/c1-2-34-19-9-6-17(7-10-19)4-3-5-20(22(30)23(31)27-33)24(32)29-14-12-28(13-15-29)21-11-8-18(25)16-26-21/h6-11,16,20,22,30,33H,2-5,12-15H2,1H3,(H,27,31)/t20-,22+/m1/s1. The molecule has 34 heavy (non-hydrogen) atoms. The summed E-state index contributed by atoms with van der Waals surface area (Å²) in [5, 5.41) is 20.0. The van der Waals surface area contributed by atoms with Crippen LogP contribution in [0.5, 0.6) is 5.75 Å². The molecule has 2 aromatic rings. The quantitative estimate of drug-likeness (QED) is 0.345. The van der Waals surface area contributed by atoms with Crippen LogP contribution in [0.15, 0.2) is 42.6 Å². The lowest BCUT2D eigenvalue weighted by Crippen LogP contribution is -2.53. The van der Waals surface area contributed by atoms with E-state index < -0.39 is 17.9 Å². The summed E-state index contributed by atoms with van der Waals surface area (Å²) in [7, 11) is 0. The van der Waals surface area contributed by atoms with Crippen LogP contribution >= 0.6 is 11.6 Å². The van der Waals surface area contributed by atoms with Gasteiger partial charge in [0.15, 0.2) is 0 Å². The molecule has 3 rings (SSSR count). The molecule has 2 amide bonds. The van der Waals surface area contributed by atoms with Crippen LogP contribution in [0.25, 0.3) is 0 Å². The largest absolute Gasteiger partial charge is 0.494 e. The molecule has 0 aliphatic carbocycles. The number of carbonyl (C=O) groups is 2. The summed E-state index contributed by atoms with van der Waals surface area (Å²) < 4.78 is 5.45. The molecule has 3 N–H and O–H groups in total. The fourth-order valence-electron chi connectivity index (χ4n) is 4.06. The zero-order valence-electron chi connectivity index (χ0n) is 19.2. The van der Waals surface area contributed by atoms with Gasteiger partial charge in [0.25, 0.3) is 5.91 Å². The number of pyridine rings is 1. The number of nitrogens with zero attached hydrogens (tertiary/aromatic N) is 3. The number of halogens is 1. The van der Waals surface area contributed by atoms with Crippen molar-refractivity contribution in [3.63, 3.8) is 0 Å². The molecule has 1 aromatic carbocycles. The summed E-state index contributed by atoms with van der Waals surface area (Å²) in [4.78, 5) is 33.2. The van der Waals surface area contributed by atoms with Crippen molar-refractivity contribution < 1.29 is 24.6 Å². The van der Waals surface area contributed by atoms with Gasteiger partial charge in [-0.15, -0.1) is 0 Å². The number of hydrogen-bond acceptors (Lipinski definition) is 7. The molecule has 0 radical (unpaired) electrons. The first-order valence-electron chi connectivity index (χ1n) is 11.4. The SMILES string of the molecule is CCOc1ccc(CCC[C@@H](C(=O)N2CCN(c3ccc(Cl)cn3)CC2)[C@H](O)C(=O)NO)cc1. The van der Waals surface area contributed by atoms with Crippen molar-refractivity contribution in [2.75, 3.05) is 37.7 Å². The van der Waals surface area contributed by atoms with Crippen LogP contribution in [-0.4, -0.2) is 70.9 Å². The molecule has 10 heteroatoms. The molecule has 184 valence electrons. The van der Waals surface area contributed by atoms with Gasteiger partial charge in [0, 0.05) is 32.4 Å². The number of aryl methyl sites for hydroxylation is 1. The van der Waals surface area contributed by atoms with Crippen molar-refractivity contribution in [2.24, 2.45) is 5.92 Å². The van der Waals surface area contributed by atoms with E-state index in [1.807, 2.05) is 37.3 Å². The van der Waals surface area contributed by atoms with Crippen molar-refractivity contribution >= 4 is 29.2 Å². The Bertz CT molecular complexity index is 933. The van der Waals surface area contributed by atoms with Crippen LogP contribution in [0.3, 0.4) is 0 Å². The Hall–Kier alpha value is -2.88.